The second-order valence-corrected chi connectivity index (χ2v) is 9.62. The third-order valence-electron chi connectivity index (χ3n) is 6.43. The van der Waals surface area contributed by atoms with E-state index in [-0.39, 0.29) is 5.91 Å². The number of piperidine rings is 1. The summed E-state index contributed by atoms with van der Waals surface area (Å²) in [6.45, 7) is 10.7. The van der Waals surface area contributed by atoms with E-state index in [1.54, 1.807) is 0 Å². The monoisotopic (exact) mass is 445 g/mol. The van der Waals surface area contributed by atoms with E-state index in [0.29, 0.717) is 30.7 Å². The highest BCUT2D eigenvalue weighted by Gasteiger charge is 2.30. The number of nitrogens with one attached hydrogen (secondary N) is 1. The van der Waals surface area contributed by atoms with Crippen LogP contribution in [0.4, 0.5) is 0 Å². The molecule has 32 heavy (non-hydrogen) atoms. The zero-order chi connectivity index (χ0) is 23.0. The van der Waals surface area contributed by atoms with Crippen LogP contribution in [0.2, 0.25) is 0 Å². The molecule has 3 rings (SSSR count). The zero-order valence-corrected chi connectivity index (χ0v) is 20.1. The van der Waals surface area contributed by atoms with Gasteiger partial charge in [0.1, 0.15) is 12.4 Å². The molecule has 178 valence electrons. The summed E-state index contributed by atoms with van der Waals surface area (Å²) in [5, 5.41) is 7.34. The van der Waals surface area contributed by atoms with Crippen molar-refractivity contribution in [3.8, 4) is 5.75 Å². The molecule has 0 unspecified atom stereocenters. The number of carbonyl (C=O) groups is 1. The van der Waals surface area contributed by atoms with Gasteiger partial charge in [-0.1, -0.05) is 5.16 Å². The van der Waals surface area contributed by atoms with Gasteiger partial charge in [-0.3, -0.25) is 4.79 Å². The Bertz CT molecular complexity index is 749. The number of rotatable bonds is 9. The maximum Gasteiger partial charge on any atom is 0.263 e. The Morgan fingerprint density at radius 2 is 1.78 bits per heavy atom. The van der Waals surface area contributed by atoms with Gasteiger partial charge in [-0.05, 0) is 102 Å². The fraction of sp³-hybridized carbons (Fsp3) is 0.680. The van der Waals surface area contributed by atoms with Gasteiger partial charge in [-0.2, -0.15) is 0 Å². The molecule has 7 heteroatoms. The summed E-state index contributed by atoms with van der Waals surface area (Å²) < 4.78 is 11.4. The lowest BCUT2D eigenvalue weighted by molar-refractivity contribution is -0.134. The molecule has 0 aromatic heterocycles. The highest BCUT2D eigenvalue weighted by Crippen LogP contribution is 2.21. The van der Waals surface area contributed by atoms with E-state index in [9.17, 15) is 4.79 Å². The van der Waals surface area contributed by atoms with E-state index < -0.39 is 5.60 Å². The molecule has 0 aliphatic carbocycles. The van der Waals surface area contributed by atoms with Crippen LogP contribution in [0.15, 0.2) is 29.4 Å². The number of benzene rings is 1. The Balaban J connectivity index is 1.45. The summed E-state index contributed by atoms with van der Waals surface area (Å²) in [7, 11) is 2.14. The Labute approximate surface area is 192 Å². The number of carbonyl (C=O) groups excluding carboxylic acids is 1. The molecule has 2 aliphatic heterocycles. The van der Waals surface area contributed by atoms with Gasteiger partial charge in [0.25, 0.3) is 5.91 Å². The maximum atomic E-state index is 12.7. The fourth-order valence-electron chi connectivity index (χ4n) is 4.03. The van der Waals surface area contributed by atoms with Gasteiger partial charge in [0, 0.05) is 25.7 Å². The standard InChI is InChI=1S/C25H39N3O4/c1-19(27-31-18-21-11-15-30-16-12-21)22-5-7-23(8-6-22)32-25(2,3)24(29)26-17-20-9-13-28(4)14-10-20/h5-8,20-21H,9-18H2,1-4H3,(H,26,29). The van der Waals surface area contributed by atoms with Crippen molar-refractivity contribution in [3.05, 3.63) is 29.8 Å². The van der Waals surface area contributed by atoms with E-state index in [1.807, 2.05) is 45.0 Å². The summed E-state index contributed by atoms with van der Waals surface area (Å²) in [5.41, 5.74) is 0.843. The molecule has 2 aliphatic rings. The number of nitrogens with zero attached hydrogens (tertiary/aromatic N) is 2. The van der Waals surface area contributed by atoms with Gasteiger partial charge in [-0.25, -0.2) is 0 Å². The molecular formula is C25H39N3O4. The molecule has 0 saturated carbocycles. The Kier molecular flexibility index (Phi) is 8.93. The molecule has 2 fully saturated rings. The van der Waals surface area contributed by atoms with E-state index in [1.165, 1.54) is 0 Å². The first-order valence-electron chi connectivity index (χ1n) is 11.8. The number of ether oxygens (including phenoxy) is 2. The number of likely N-dealkylation sites (tertiary alicyclic amines) is 1. The van der Waals surface area contributed by atoms with Crippen molar-refractivity contribution in [2.24, 2.45) is 17.0 Å². The molecule has 1 aromatic carbocycles. The first-order valence-corrected chi connectivity index (χ1v) is 11.8. The molecule has 0 radical (unpaired) electrons. The van der Waals surface area contributed by atoms with Gasteiger partial charge in [0.05, 0.1) is 5.71 Å². The van der Waals surface area contributed by atoms with Crippen molar-refractivity contribution in [1.82, 2.24) is 10.2 Å². The normalized spacial score (nSPS) is 19.6. The van der Waals surface area contributed by atoms with Crippen LogP contribution in [-0.4, -0.2) is 68.6 Å². The molecule has 1 amide bonds. The number of hydrogen-bond donors (Lipinski definition) is 1. The molecule has 0 spiro atoms. The van der Waals surface area contributed by atoms with Crippen LogP contribution in [0.3, 0.4) is 0 Å². The minimum absolute atomic E-state index is 0.0836. The number of amides is 1. The predicted molar refractivity (Wildman–Crippen MR) is 126 cm³/mol. The highest BCUT2D eigenvalue weighted by molar-refractivity contribution is 5.98. The predicted octanol–water partition coefficient (Wildman–Crippen LogP) is 3.47. The van der Waals surface area contributed by atoms with Crippen molar-refractivity contribution in [2.45, 2.75) is 52.1 Å². The van der Waals surface area contributed by atoms with Crippen LogP contribution in [0.1, 0.15) is 52.0 Å². The van der Waals surface area contributed by atoms with Crippen LogP contribution in [-0.2, 0) is 14.4 Å². The summed E-state index contributed by atoms with van der Waals surface area (Å²) in [6.07, 6.45) is 4.31. The van der Waals surface area contributed by atoms with Crippen LogP contribution in [0.25, 0.3) is 0 Å². The van der Waals surface area contributed by atoms with Crippen LogP contribution in [0, 0.1) is 11.8 Å². The molecule has 0 atom stereocenters. The zero-order valence-electron chi connectivity index (χ0n) is 20.1. The summed E-state index contributed by atoms with van der Waals surface area (Å²) in [4.78, 5) is 20.6. The lowest BCUT2D eigenvalue weighted by atomic mass is 9.97. The Hall–Kier alpha value is -2.12. The summed E-state index contributed by atoms with van der Waals surface area (Å²) in [5.74, 6) is 1.63. The van der Waals surface area contributed by atoms with Gasteiger partial charge >= 0.3 is 0 Å². The SMILES string of the molecule is CC(=NOCC1CCOCC1)c1ccc(OC(C)(C)C(=O)NCC2CCN(C)CC2)cc1. The average Bonchev–Trinajstić information content (AvgIpc) is 2.79. The van der Waals surface area contributed by atoms with E-state index in [2.05, 4.69) is 22.4 Å². The first kappa shape index (κ1) is 24.5. The molecule has 2 heterocycles. The van der Waals surface area contributed by atoms with Crippen LogP contribution >= 0.6 is 0 Å². The molecule has 1 N–H and O–H groups in total. The van der Waals surface area contributed by atoms with Gasteiger partial charge < -0.3 is 24.5 Å². The number of hydrogen-bond acceptors (Lipinski definition) is 6. The Morgan fingerprint density at radius 3 is 2.44 bits per heavy atom. The van der Waals surface area contributed by atoms with Crippen LogP contribution < -0.4 is 10.1 Å². The Morgan fingerprint density at radius 1 is 1.12 bits per heavy atom. The molecule has 1 aromatic rings. The van der Waals surface area contributed by atoms with Crippen molar-refractivity contribution in [1.29, 1.82) is 0 Å². The second kappa shape index (κ2) is 11.7. The fourth-order valence-corrected chi connectivity index (χ4v) is 4.03. The van der Waals surface area contributed by atoms with Crippen LogP contribution in [0.5, 0.6) is 5.75 Å². The maximum absolute atomic E-state index is 12.7. The van der Waals surface area contributed by atoms with E-state index >= 15 is 0 Å². The van der Waals surface area contributed by atoms with E-state index in [4.69, 9.17) is 14.3 Å². The quantitative estimate of drug-likeness (QED) is 0.465. The third kappa shape index (κ3) is 7.48. The summed E-state index contributed by atoms with van der Waals surface area (Å²) >= 11 is 0. The lowest BCUT2D eigenvalue weighted by Crippen LogP contribution is -2.48. The van der Waals surface area contributed by atoms with Crippen molar-refractivity contribution < 1.29 is 19.1 Å². The minimum atomic E-state index is -0.942. The summed E-state index contributed by atoms with van der Waals surface area (Å²) in [6, 6.07) is 7.63. The molecule has 7 nitrogen and oxygen atoms in total. The van der Waals surface area contributed by atoms with E-state index in [0.717, 1.165) is 63.3 Å². The topological polar surface area (TPSA) is 72.4 Å². The van der Waals surface area contributed by atoms with Crippen molar-refractivity contribution in [3.63, 3.8) is 0 Å². The van der Waals surface area contributed by atoms with Crippen molar-refractivity contribution >= 4 is 11.6 Å². The van der Waals surface area contributed by atoms with Gasteiger partial charge in [0.2, 0.25) is 0 Å². The van der Waals surface area contributed by atoms with Gasteiger partial charge in [-0.15, -0.1) is 0 Å². The lowest BCUT2D eigenvalue weighted by Gasteiger charge is -2.30. The highest BCUT2D eigenvalue weighted by atomic mass is 16.6. The smallest absolute Gasteiger partial charge is 0.263 e. The van der Waals surface area contributed by atoms with Gasteiger partial charge in [0.15, 0.2) is 5.60 Å². The van der Waals surface area contributed by atoms with Crippen molar-refractivity contribution in [2.75, 3.05) is 46.5 Å². The first-order chi connectivity index (χ1) is 15.3. The average molecular weight is 446 g/mol. The minimum Gasteiger partial charge on any atom is -0.478 e. The molecule has 0 bridgehead atoms. The largest absolute Gasteiger partial charge is 0.478 e. The molecular weight excluding hydrogens is 406 g/mol. The third-order valence-corrected chi connectivity index (χ3v) is 6.43. The second-order valence-electron chi connectivity index (χ2n) is 9.62. The molecule has 2 saturated heterocycles. The number of oxime groups is 1.